The molecule has 3 rings (SSSR count). The van der Waals surface area contributed by atoms with E-state index in [1.807, 2.05) is 0 Å². The van der Waals surface area contributed by atoms with Crippen molar-refractivity contribution in [3.63, 3.8) is 0 Å². The second kappa shape index (κ2) is 3.88. The van der Waals surface area contributed by atoms with E-state index in [0.29, 0.717) is 0 Å². The molecule has 2 aromatic carbocycles. The fourth-order valence-corrected chi connectivity index (χ4v) is 2.44. The Morgan fingerprint density at radius 2 is 1.67 bits per heavy atom. The van der Waals surface area contributed by atoms with Crippen LogP contribution in [0.5, 0.6) is 0 Å². The summed E-state index contributed by atoms with van der Waals surface area (Å²) in [7, 11) is 0. The highest BCUT2D eigenvalue weighted by Gasteiger charge is 2.25. The largest absolute Gasteiger partial charge is 0.337 e. The topological polar surface area (TPSA) is 3.24 Å². The van der Waals surface area contributed by atoms with Crippen molar-refractivity contribution in [3.05, 3.63) is 59.7 Å². The lowest BCUT2D eigenvalue weighted by atomic mass is 9.84. The molecule has 0 radical (unpaired) electrons. The molecule has 0 fully saturated rings. The van der Waals surface area contributed by atoms with Gasteiger partial charge >= 0.3 is 0 Å². The Morgan fingerprint density at radius 1 is 0.944 bits per heavy atom. The van der Waals surface area contributed by atoms with Gasteiger partial charge < -0.3 is 4.90 Å². The van der Waals surface area contributed by atoms with Crippen molar-refractivity contribution in [1.82, 2.24) is 0 Å². The zero-order valence-electron chi connectivity index (χ0n) is 11.3. The second-order valence-electron chi connectivity index (χ2n) is 6.02. The zero-order chi connectivity index (χ0) is 12.8. The smallest absolute Gasteiger partial charge is 0.0502 e. The summed E-state index contributed by atoms with van der Waals surface area (Å²) in [6.07, 6.45) is 0. The zero-order valence-corrected chi connectivity index (χ0v) is 11.3. The number of fused-ring (bicyclic) bond motifs is 1. The van der Waals surface area contributed by atoms with E-state index in [9.17, 15) is 0 Å². The normalized spacial score (nSPS) is 14.1. The highest BCUT2D eigenvalue weighted by atomic mass is 15.2. The number of hydrogen-bond donors (Lipinski definition) is 0. The molecule has 0 amide bonds. The van der Waals surface area contributed by atoms with Gasteiger partial charge in [0, 0.05) is 11.4 Å². The average Bonchev–Trinajstić information content (AvgIpc) is 2.30. The van der Waals surface area contributed by atoms with Crippen LogP contribution in [-0.4, -0.2) is 0 Å². The molecular formula is C17H19N. The molecule has 0 spiro atoms. The summed E-state index contributed by atoms with van der Waals surface area (Å²) in [5, 5.41) is 0. The maximum absolute atomic E-state index is 2.36. The predicted molar refractivity (Wildman–Crippen MR) is 77.4 cm³/mol. The molecule has 1 aliphatic rings. The van der Waals surface area contributed by atoms with Crippen molar-refractivity contribution < 1.29 is 0 Å². The third kappa shape index (κ3) is 1.80. The Bertz CT molecular complexity index is 564. The lowest BCUT2D eigenvalue weighted by Gasteiger charge is -2.37. The monoisotopic (exact) mass is 237 g/mol. The van der Waals surface area contributed by atoms with Gasteiger partial charge in [0.05, 0.1) is 6.54 Å². The first-order valence-corrected chi connectivity index (χ1v) is 6.52. The standard InChI is InChI=1S/C17H19N/c1-17(2,3)14-9-10-16-13(11-14)12-18(16)15-7-5-4-6-8-15/h4-11H,12H2,1-3H3. The fraction of sp³-hybridized carbons (Fsp3) is 0.294. The van der Waals surface area contributed by atoms with E-state index in [2.05, 4.69) is 74.2 Å². The van der Waals surface area contributed by atoms with Gasteiger partial charge in [-0.2, -0.15) is 0 Å². The first-order valence-electron chi connectivity index (χ1n) is 6.52. The van der Waals surface area contributed by atoms with Crippen LogP contribution < -0.4 is 4.90 Å². The first kappa shape index (κ1) is 11.3. The van der Waals surface area contributed by atoms with Crippen LogP contribution in [0.4, 0.5) is 11.4 Å². The summed E-state index contributed by atoms with van der Waals surface area (Å²) in [5.74, 6) is 0. The number of para-hydroxylation sites is 1. The van der Waals surface area contributed by atoms with E-state index in [4.69, 9.17) is 0 Å². The highest BCUT2D eigenvalue weighted by Crippen LogP contribution is 2.41. The summed E-state index contributed by atoms with van der Waals surface area (Å²) in [5.41, 5.74) is 5.77. The fourth-order valence-electron chi connectivity index (χ4n) is 2.44. The molecule has 18 heavy (non-hydrogen) atoms. The molecule has 0 saturated carbocycles. The molecule has 0 N–H and O–H groups in total. The van der Waals surface area contributed by atoms with Gasteiger partial charge in [0.2, 0.25) is 0 Å². The highest BCUT2D eigenvalue weighted by molar-refractivity contribution is 5.74. The molecule has 92 valence electrons. The molecule has 1 heterocycles. The molecule has 1 nitrogen and oxygen atoms in total. The lowest BCUT2D eigenvalue weighted by Crippen LogP contribution is -2.28. The van der Waals surface area contributed by atoms with Gasteiger partial charge in [-0.15, -0.1) is 0 Å². The van der Waals surface area contributed by atoms with Crippen LogP contribution >= 0.6 is 0 Å². The Labute approximate surface area is 109 Å². The third-order valence-corrected chi connectivity index (χ3v) is 3.63. The summed E-state index contributed by atoms with van der Waals surface area (Å²) in [4.78, 5) is 2.36. The van der Waals surface area contributed by atoms with E-state index in [-0.39, 0.29) is 5.41 Å². The Hall–Kier alpha value is -1.76. The van der Waals surface area contributed by atoms with Crippen molar-refractivity contribution in [2.24, 2.45) is 0 Å². The van der Waals surface area contributed by atoms with E-state index >= 15 is 0 Å². The third-order valence-electron chi connectivity index (χ3n) is 3.63. The Kier molecular flexibility index (Phi) is 2.44. The van der Waals surface area contributed by atoms with Crippen LogP contribution in [0, 0.1) is 0 Å². The van der Waals surface area contributed by atoms with Crippen LogP contribution in [0.1, 0.15) is 31.9 Å². The minimum absolute atomic E-state index is 0.238. The second-order valence-corrected chi connectivity index (χ2v) is 6.02. The molecule has 0 saturated heterocycles. The van der Waals surface area contributed by atoms with Crippen molar-refractivity contribution in [3.8, 4) is 0 Å². The van der Waals surface area contributed by atoms with Gasteiger partial charge in [-0.3, -0.25) is 0 Å². The molecule has 0 unspecified atom stereocenters. The van der Waals surface area contributed by atoms with Crippen LogP contribution in [0.15, 0.2) is 48.5 Å². The van der Waals surface area contributed by atoms with Gasteiger partial charge in [-0.1, -0.05) is 51.1 Å². The Morgan fingerprint density at radius 3 is 2.28 bits per heavy atom. The van der Waals surface area contributed by atoms with Crippen LogP contribution in [0.3, 0.4) is 0 Å². The molecule has 1 aliphatic heterocycles. The maximum atomic E-state index is 2.36. The van der Waals surface area contributed by atoms with Gasteiger partial charge in [-0.25, -0.2) is 0 Å². The van der Waals surface area contributed by atoms with Gasteiger partial charge in [-0.05, 0) is 34.7 Å². The number of hydrogen-bond acceptors (Lipinski definition) is 1. The van der Waals surface area contributed by atoms with Gasteiger partial charge in [0.25, 0.3) is 0 Å². The number of rotatable bonds is 1. The van der Waals surface area contributed by atoms with E-state index < -0.39 is 0 Å². The molecule has 2 aromatic rings. The molecular weight excluding hydrogens is 218 g/mol. The summed E-state index contributed by atoms with van der Waals surface area (Å²) >= 11 is 0. The minimum atomic E-state index is 0.238. The van der Waals surface area contributed by atoms with E-state index in [1.165, 1.54) is 22.5 Å². The van der Waals surface area contributed by atoms with Crippen molar-refractivity contribution in [1.29, 1.82) is 0 Å². The molecule has 0 aromatic heterocycles. The SMILES string of the molecule is CC(C)(C)c1ccc2c(c1)CN2c1ccccc1. The van der Waals surface area contributed by atoms with Crippen molar-refractivity contribution in [2.45, 2.75) is 32.7 Å². The Balaban J connectivity index is 1.92. The average molecular weight is 237 g/mol. The number of anilines is 2. The summed E-state index contributed by atoms with van der Waals surface area (Å²) in [6.45, 7) is 7.83. The van der Waals surface area contributed by atoms with E-state index in [1.54, 1.807) is 0 Å². The predicted octanol–water partition coefficient (Wildman–Crippen LogP) is 4.64. The number of benzene rings is 2. The van der Waals surface area contributed by atoms with Crippen LogP contribution in [0.2, 0.25) is 0 Å². The molecule has 1 heteroatoms. The quantitative estimate of drug-likeness (QED) is 0.698. The van der Waals surface area contributed by atoms with Crippen LogP contribution in [-0.2, 0) is 12.0 Å². The summed E-state index contributed by atoms with van der Waals surface area (Å²) in [6, 6.07) is 17.5. The van der Waals surface area contributed by atoms with Gasteiger partial charge in [0.1, 0.15) is 0 Å². The maximum Gasteiger partial charge on any atom is 0.0502 e. The minimum Gasteiger partial charge on any atom is -0.337 e. The molecule has 0 aliphatic carbocycles. The molecule has 0 atom stereocenters. The van der Waals surface area contributed by atoms with Crippen molar-refractivity contribution in [2.75, 3.05) is 4.90 Å². The first-order chi connectivity index (χ1) is 8.55. The lowest BCUT2D eigenvalue weighted by molar-refractivity contribution is 0.588. The summed E-state index contributed by atoms with van der Waals surface area (Å²) < 4.78 is 0. The number of nitrogens with zero attached hydrogens (tertiary/aromatic N) is 1. The van der Waals surface area contributed by atoms with Crippen molar-refractivity contribution >= 4 is 11.4 Å². The van der Waals surface area contributed by atoms with Gasteiger partial charge in [0.15, 0.2) is 0 Å². The van der Waals surface area contributed by atoms with Crippen LogP contribution in [0.25, 0.3) is 0 Å². The van der Waals surface area contributed by atoms with E-state index in [0.717, 1.165) is 6.54 Å². The molecule has 0 bridgehead atoms.